The first-order valence-corrected chi connectivity index (χ1v) is 10.6. The van der Waals surface area contributed by atoms with E-state index in [0.29, 0.717) is 5.02 Å². The molecular formula is C28H18ClNO. The average molecular weight is 420 g/mol. The standard InChI is InChI=1S/C28H18ClNO/c29-20-17-19-9-7-14-23-24-15-8-16-25(28(24)31-26(18-20)27(19)23)30(21-10-3-1-4-11-21)22-12-5-2-6-13-22/h1-18H. The molecule has 0 radical (unpaired) electrons. The first-order valence-electron chi connectivity index (χ1n) is 10.2. The molecule has 0 fully saturated rings. The molecule has 6 rings (SSSR count). The second-order valence-electron chi connectivity index (χ2n) is 7.57. The Morgan fingerprint density at radius 1 is 0.613 bits per heavy atom. The number of ether oxygens (including phenoxy) is 1. The van der Waals surface area contributed by atoms with Gasteiger partial charge in [-0.15, -0.1) is 0 Å². The van der Waals surface area contributed by atoms with Gasteiger partial charge >= 0.3 is 0 Å². The third-order valence-electron chi connectivity index (χ3n) is 5.67. The molecule has 0 atom stereocenters. The molecule has 0 unspecified atom stereocenters. The number of para-hydroxylation sites is 3. The summed E-state index contributed by atoms with van der Waals surface area (Å²) in [6.07, 6.45) is 0. The van der Waals surface area contributed by atoms with Crippen LogP contribution in [0.5, 0.6) is 11.5 Å². The largest absolute Gasteiger partial charge is 0.454 e. The molecule has 0 N–H and O–H groups in total. The third-order valence-corrected chi connectivity index (χ3v) is 5.89. The van der Waals surface area contributed by atoms with Crippen LogP contribution >= 0.6 is 11.6 Å². The number of rotatable bonds is 3. The van der Waals surface area contributed by atoms with E-state index in [1.54, 1.807) is 0 Å². The summed E-state index contributed by atoms with van der Waals surface area (Å²) in [4.78, 5) is 2.23. The Balaban J connectivity index is 1.63. The van der Waals surface area contributed by atoms with E-state index in [2.05, 4.69) is 89.8 Å². The number of nitrogens with zero attached hydrogens (tertiary/aromatic N) is 1. The summed E-state index contributed by atoms with van der Waals surface area (Å²) in [5.74, 6) is 1.62. The lowest BCUT2D eigenvalue weighted by Gasteiger charge is -2.30. The number of benzene rings is 5. The molecule has 148 valence electrons. The van der Waals surface area contributed by atoms with Crippen LogP contribution in [0.3, 0.4) is 0 Å². The van der Waals surface area contributed by atoms with E-state index in [4.69, 9.17) is 16.3 Å². The minimum absolute atomic E-state index is 0.670. The van der Waals surface area contributed by atoms with E-state index in [-0.39, 0.29) is 0 Å². The summed E-state index contributed by atoms with van der Waals surface area (Å²) in [5, 5.41) is 2.85. The highest BCUT2D eigenvalue weighted by Gasteiger charge is 2.26. The fourth-order valence-electron chi connectivity index (χ4n) is 4.37. The van der Waals surface area contributed by atoms with Crippen molar-refractivity contribution in [3.63, 3.8) is 0 Å². The summed E-state index contributed by atoms with van der Waals surface area (Å²) in [6.45, 7) is 0. The van der Waals surface area contributed by atoms with Crippen LogP contribution in [0.4, 0.5) is 17.1 Å². The highest BCUT2D eigenvalue weighted by Crippen LogP contribution is 2.52. The molecule has 5 aromatic rings. The zero-order chi connectivity index (χ0) is 20.8. The lowest BCUT2D eigenvalue weighted by Crippen LogP contribution is -2.12. The molecule has 0 amide bonds. The predicted molar refractivity (Wildman–Crippen MR) is 129 cm³/mol. The Bertz CT molecular complexity index is 1370. The normalized spacial score (nSPS) is 11.6. The highest BCUT2D eigenvalue weighted by molar-refractivity contribution is 6.32. The van der Waals surface area contributed by atoms with Crippen molar-refractivity contribution in [2.75, 3.05) is 4.90 Å². The van der Waals surface area contributed by atoms with Crippen LogP contribution < -0.4 is 9.64 Å². The van der Waals surface area contributed by atoms with Gasteiger partial charge in [-0.25, -0.2) is 0 Å². The molecule has 31 heavy (non-hydrogen) atoms. The Labute approximate surface area is 185 Å². The molecule has 0 bridgehead atoms. The summed E-state index contributed by atoms with van der Waals surface area (Å²) < 4.78 is 6.56. The van der Waals surface area contributed by atoms with E-state index in [1.807, 2.05) is 24.3 Å². The van der Waals surface area contributed by atoms with Crippen molar-refractivity contribution >= 4 is 39.4 Å². The van der Waals surface area contributed by atoms with Crippen molar-refractivity contribution < 1.29 is 4.74 Å². The zero-order valence-corrected chi connectivity index (χ0v) is 17.4. The van der Waals surface area contributed by atoms with Crippen LogP contribution in [0.2, 0.25) is 5.02 Å². The highest BCUT2D eigenvalue weighted by atomic mass is 35.5. The Kier molecular flexibility index (Phi) is 4.19. The van der Waals surface area contributed by atoms with E-state index < -0.39 is 0 Å². The number of halogens is 1. The maximum Gasteiger partial charge on any atom is 0.159 e. The molecule has 0 spiro atoms. The van der Waals surface area contributed by atoms with Crippen LogP contribution in [0.1, 0.15) is 0 Å². The summed E-state index contributed by atoms with van der Waals surface area (Å²) in [5.41, 5.74) is 5.36. The minimum atomic E-state index is 0.670. The van der Waals surface area contributed by atoms with Gasteiger partial charge in [-0.3, -0.25) is 0 Å². The van der Waals surface area contributed by atoms with Gasteiger partial charge in [0.05, 0.1) is 5.69 Å². The fourth-order valence-corrected chi connectivity index (χ4v) is 4.59. The number of hydrogen-bond acceptors (Lipinski definition) is 2. The number of hydrogen-bond donors (Lipinski definition) is 0. The Morgan fingerprint density at radius 2 is 1.26 bits per heavy atom. The van der Waals surface area contributed by atoms with Gasteiger partial charge in [0, 0.05) is 33.4 Å². The van der Waals surface area contributed by atoms with Crippen molar-refractivity contribution in [3.05, 3.63) is 114 Å². The number of anilines is 3. The van der Waals surface area contributed by atoms with Crippen LogP contribution in [0, 0.1) is 0 Å². The number of fused-ring (bicyclic) bond motifs is 2. The van der Waals surface area contributed by atoms with Crippen LogP contribution in [-0.2, 0) is 0 Å². The quantitative estimate of drug-likeness (QED) is 0.284. The molecule has 0 saturated heterocycles. The van der Waals surface area contributed by atoms with Crippen molar-refractivity contribution in [2.24, 2.45) is 0 Å². The van der Waals surface area contributed by atoms with Gasteiger partial charge in [-0.05, 0) is 47.3 Å². The summed E-state index contributed by atoms with van der Waals surface area (Å²) in [7, 11) is 0. The van der Waals surface area contributed by atoms with Gasteiger partial charge in [0.1, 0.15) is 5.75 Å². The molecule has 5 aromatic carbocycles. The summed E-state index contributed by atoms with van der Waals surface area (Å²) in [6, 6.07) is 37.2. The maximum absolute atomic E-state index is 6.56. The van der Waals surface area contributed by atoms with Crippen molar-refractivity contribution in [1.82, 2.24) is 0 Å². The van der Waals surface area contributed by atoms with Gasteiger partial charge in [0.15, 0.2) is 5.75 Å². The topological polar surface area (TPSA) is 12.5 Å². The lowest BCUT2D eigenvalue weighted by atomic mass is 9.94. The summed E-state index contributed by atoms with van der Waals surface area (Å²) >= 11 is 6.41. The van der Waals surface area contributed by atoms with Gasteiger partial charge in [0.25, 0.3) is 0 Å². The Hall–Kier alpha value is -3.75. The van der Waals surface area contributed by atoms with Gasteiger partial charge in [0.2, 0.25) is 0 Å². The SMILES string of the molecule is Clc1cc2c3c(cccc3c1)-c1cccc(N(c3ccccc3)c3ccccc3)c1O2. The van der Waals surface area contributed by atoms with Crippen molar-refractivity contribution in [2.45, 2.75) is 0 Å². The average Bonchev–Trinajstić information content (AvgIpc) is 2.81. The second kappa shape index (κ2) is 7.19. The third kappa shape index (κ3) is 2.96. The zero-order valence-electron chi connectivity index (χ0n) is 16.6. The van der Waals surface area contributed by atoms with E-state index in [0.717, 1.165) is 50.5 Å². The molecule has 2 nitrogen and oxygen atoms in total. The molecule has 1 aliphatic rings. The van der Waals surface area contributed by atoms with Gasteiger partial charge in [-0.2, -0.15) is 0 Å². The monoisotopic (exact) mass is 419 g/mol. The molecule has 1 aliphatic heterocycles. The van der Waals surface area contributed by atoms with Crippen LogP contribution in [0.25, 0.3) is 21.9 Å². The fraction of sp³-hybridized carbons (Fsp3) is 0. The van der Waals surface area contributed by atoms with Gasteiger partial charge < -0.3 is 9.64 Å². The minimum Gasteiger partial charge on any atom is -0.454 e. The molecule has 0 aromatic heterocycles. The van der Waals surface area contributed by atoms with Crippen molar-refractivity contribution in [3.8, 4) is 22.6 Å². The second-order valence-corrected chi connectivity index (χ2v) is 8.01. The molecule has 0 saturated carbocycles. The van der Waals surface area contributed by atoms with Crippen LogP contribution in [-0.4, -0.2) is 0 Å². The molecular weight excluding hydrogens is 402 g/mol. The van der Waals surface area contributed by atoms with Crippen LogP contribution in [0.15, 0.2) is 109 Å². The van der Waals surface area contributed by atoms with E-state index in [9.17, 15) is 0 Å². The molecule has 0 aliphatic carbocycles. The lowest BCUT2D eigenvalue weighted by molar-refractivity contribution is 0.488. The Morgan fingerprint density at radius 3 is 1.97 bits per heavy atom. The first-order chi connectivity index (χ1) is 15.3. The smallest absolute Gasteiger partial charge is 0.159 e. The van der Waals surface area contributed by atoms with Gasteiger partial charge in [-0.1, -0.05) is 78.3 Å². The maximum atomic E-state index is 6.56. The predicted octanol–water partition coefficient (Wildman–Crippen LogP) is 8.74. The van der Waals surface area contributed by atoms with Crippen molar-refractivity contribution in [1.29, 1.82) is 0 Å². The first kappa shape index (κ1) is 18.1. The molecule has 1 heterocycles. The van der Waals surface area contributed by atoms with E-state index >= 15 is 0 Å². The molecule has 3 heteroatoms. The van der Waals surface area contributed by atoms with E-state index in [1.165, 1.54) is 0 Å².